The highest BCUT2D eigenvalue weighted by Crippen LogP contribution is 2.43. The van der Waals surface area contributed by atoms with Crippen LogP contribution in [0.1, 0.15) is 24.0 Å². The van der Waals surface area contributed by atoms with Gasteiger partial charge in [-0.2, -0.15) is 0 Å². The molecule has 0 fully saturated rings. The van der Waals surface area contributed by atoms with Gasteiger partial charge in [0.25, 0.3) is 0 Å². The van der Waals surface area contributed by atoms with Crippen molar-refractivity contribution >= 4 is 83.4 Å². The molecule has 9 aromatic carbocycles. The van der Waals surface area contributed by atoms with E-state index in [1.807, 2.05) is 0 Å². The molecule has 0 bridgehead atoms. The maximum Gasteiger partial charge on any atom is 0.0542 e. The Morgan fingerprint density at radius 2 is 0.758 bits per heavy atom. The minimum absolute atomic E-state index is 1.06. The number of fused-ring (bicyclic) bond motifs is 6. The first kappa shape index (κ1) is 39.3. The summed E-state index contributed by atoms with van der Waals surface area (Å²) in [6.07, 6.45) is 9.07. The van der Waals surface area contributed by atoms with E-state index in [0.29, 0.717) is 0 Å². The lowest BCUT2D eigenvalue weighted by Gasteiger charge is -2.26. The molecule has 2 heterocycles. The quantitative estimate of drug-likeness (QED) is 0.144. The van der Waals surface area contributed by atoms with E-state index in [1.165, 1.54) is 66.0 Å². The summed E-state index contributed by atoms with van der Waals surface area (Å²) in [6.45, 7) is 4.29. The van der Waals surface area contributed by atoms with Gasteiger partial charge >= 0.3 is 0 Å². The third kappa shape index (κ3) is 6.86. The van der Waals surface area contributed by atoms with E-state index in [1.54, 1.807) is 0 Å². The second-order valence-electron chi connectivity index (χ2n) is 17.5. The van der Waals surface area contributed by atoms with E-state index in [4.69, 9.17) is 0 Å². The van der Waals surface area contributed by atoms with E-state index in [9.17, 15) is 0 Å². The Bertz CT molecular complexity index is 3630. The number of aromatic nitrogens is 2. The number of benzene rings is 9. The summed E-state index contributed by atoms with van der Waals surface area (Å²) in [5.74, 6) is 0. The third-order valence-electron chi connectivity index (χ3n) is 13.2. The van der Waals surface area contributed by atoms with Gasteiger partial charge in [-0.1, -0.05) is 126 Å². The summed E-state index contributed by atoms with van der Waals surface area (Å²) in [5, 5.41) is 4.96. The lowest BCUT2D eigenvalue weighted by molar-refractivity contribution is 1.02. The van der Waals surface area contributed by atoms with Gasteiger partial charge < -0.3 is 18.9 Å². The average Bonchev–Trinajstić information content (AvgIpc) is 3.89. The van der Waals surface area contributed by atoms with Crippen LogP contribution in [-0.4, -0.2) is 9.13 Å². The molecule has 66 heavy (non-hydrogen) atoms. The van der Waals surface area contributed by atoms with Crippen LogP contribution in [-0.2, 0) is 0 Å². The Balaban J connectivity index is 0.908. The Morgan fingerprint density at radius 1 is 0.348 bits per heavy atom. The third-order valence-corrected chi connectivity index (χ3v) is 13.2. The van der Waals surface area contributed by atoms with Crippen LogP contribution in [0.2, 0.25) is 0 Å². The van der Waals surface area contributed by atoms with Gasteiger partial charge in [-0.25, -0.2) is 0 Å². The van der Waals surface area contributed by atoms with Crippen molar-refractivity contribution in [3.63, 3.8) is 0 Å². The molecule has 11 aromatic rings. The van der Waals surface area contributed by atoms with Crippen molar-refractivity contribution in [2.75, 3.05) is 9.80 Å². The fourth-order valence-electron chi connectivity index (χ4n) is 9.99. The van der Waals surface area contributed by atoms with Gasteiger partial charge in [0.1, 0.15) is 0 Å². The molecule has 0 saturated heterocycles. The smallest absolute Gasteiger partial charge is 0.0542 e. The van der Waals surface area contributed by atoms with Crippen molar-refractivity contribution in [1.29, 1.82) is 0 Å². The van der Waals surface area contributed by atoms with Crippen molar-refractivity contribution in [3.8, 4) is 16.8 Å². The monoisotopic (exact) mass is 848 g/mol. The summed E-state index contributed by atoms with van der Waals surface area (Å²) in [4.78, 5) is 4.75. The van der Waals surface area contributed by atoms with E-state index in [-0.39, 0.29) is 0 Å². The second-order valence-corrected chi connectivity index (χ2v) is 17.5. The van der Waals surface area contributed by atoms with Gasteiger partial charge in [0.05, 0.1) is 22.1 Å². The molecule has 1 aliphatic rings. The number of nitrogens with zero attached hydrogens (tertiary/aromatic N) is 4. The second kappa shape index (κ2) is 16.3. The number of allylic oxidation sites excluding steroid dienone is 4. The molecule has 0 N–H and O–H groups in total. The molecule has 2 aromatic heterocycles. The Kier molecular flexibility index (Phi) is 9.72. The molecule has 4 nitrogen and oxygen atoms in total. The summed E-state index contributed by atoms with van der Waals surface area (Å²) in [6, 6.07) is 77.7. The number of anilines is 6. The number of hydrogen-bond donors (Lipinski definition) is 0. The zero-order valence-corrected chi connectivity index (χ0v) is 37.1. The van der Waals surface area contributed by atoms with Crippen LogP contribution in [0.15, 0.2) is 231 Å². The predicted molar refractivity (Wildman–Crippen MR) is 281 cm³/mol. The number of hydrogen-bond acceptors (Lipinski definition) is 2. The summed E-state index contributed by atoms with van der Waals surface area (Å²) < 4.78 is 4.79. The SMILES string of the molecule is Cc1ccc(N(c2ccc(-c3ccc(N(c4ccc(C)cc4)c4ccc5c(c4)c4ccccc4n5-c4ccccc4)cc3)cc2)c2ccc3c(c2)c2ccccc2n3C2=CCCC=C2)cc1. The molecule has 0 unspecified atom stereocenters. The fraction of sp³-hybridized carbons (Fsp3) is 0.0645. The first-order chi connectivity index (χ1) is 32.6. The topological polar surface area (TPSA) is 16.3 Å². The van der Waals surface area contributed by atoms with Crippen molar-refractivity contribution in [1.82, 2.24) is 9.13 Å². The van der Waals surface area contributed by atoms with Crippen molar-refractivity contribution < 1.29 is 0 Å². The van der Waals surface area contributed by atoms with Gasteiger partial charge in [-0.05, 0) is 153 Å². The Hall–Kier alpha value is -8.34. The highest BCUT2D eigenvalue weighted by Gasteiger charge is 2.20. The molecule has 0 spiro atoms. The number of aryl methyl sites for hydroxylation is 2. The largest absolute Gasteiger partial charge is 0.310 e. The minimum Gasteiger partial charge on any atom is -0.310 e. The standard InChI is InChI=1S/C62H48N4/c1-43-21-29-49(30-22-43)63(53-37-39-61-57(41-53)55-17-9-11-19-59(55)65(61)47-13-5-3-6-14-47)51-33-25-45(26-34-51)46-27-35-52(36-28-46)64(50-31-23-44(2)24-32-50)54-38-40-62-58(42-54)56-18-10-12-20-60(56)66(62)48-15-7-4-8-16-48/h3,5-7,9-42H,4,8H2,1-2H3. The van der Waals surface area contributed by atoms with Crippen LogP contribution >= 0.6 is 0 Å². The Morgan fingerprint density at radius 3 is 1.24 bits per heavy atom. The average molecular weight is 849 g/mol. The molecular formula is C62H48N4. The molecule has 0 atom stereocenters. The van der Waals surface area contributed by atoms with Gasteiger partial charge in [-0.3, -0.25) is 0 Å². The predicted octanol–water partition coefficient (Wildman–Crippen LogP) is 17.3. The minimum atomic E-state index is 1.06. The highest BCUT2D eigenvalue weighted by atomic mass is 15.1. The normalized spacial score (nSPS) is 12.6. The maximum atomic E-state index is 2.42. The molecule has 1 aliphatic carbocycles. The molecule has 0 saturated carbocycles. The lowest BCUT2D eigenvalue weighted by Crippen LogP contribution is -2.10. The Labute approximate surface area is 385 Å². The maximum absolute atomic E-state index is 2.42. The van der Waals surface area contributed by atoms with E-state index < -0.39 is 0 Å². The van der Waals surface area contributed by atoms with Crippen LogP contribution in [0.5, 0.6) is 0 Å². The van der Waals surface area contributed by atoms with Crippen molar-refractivity contribution in [3.05, 3.63) is 242 Å². The van der Waals surface area contributed by atoms with Crippen LogP contribution in [0.3, 0.4) is 0 Å². The van der Waals surface area contributed by atoms with Crippen LogP contribution in [0.25, 0.3) is 66.1 Å². The molecular weight excluding hydrogens is 801 g/mol. The molecule has 0 aliphatic heterocycles. The van der Waals surface area contributed by atoms with Crippen LogP contribution in [0, 0.1) is 13.8 Å². The first-order valence-electron chi connectivity index (χ1n) is 23.0. The lowest BCUT2D eigenvalue weighted by atomic mass is 10.0. The molecule has 4 heteroatoms. The van der Waals surface area contributed by atoms with Crippen LogP contribution < -0.4 is 9.80 Å². The number of para-hydroxylation sites is 3. The van der Waals surface area contributed by atoms with E-state index >= 15 is 0 Å². The van der Waals surface area contributed by atoms with Gasteiger partial charge in [0.15, 0.2) is 0 Å². The van der Waals surface area contributed by atoms with Crippen molar-refractivity contribution in [2.45, 2.75) is 26.7 Å². The highest BCUT2D eigenvalue weighted by molar-refractivity contribution is 6.12. The summed E-state index contributed by atoms with van der Waals surface area (Å²) in [5.41, 5.74) is 18.7. The molecule has 316 valence electrons. The zero-order valence-electron chi connectivity index (χ0n) is 37.1. The van der Waals surface area contributed by atoms with Crippen molar-refractivity contribution in [2.24, 2.45) is 0 Å². The summed E-state index contributed by atoms with van der Waals surface area (Å²) >= 11 is 0. The van der Waals surface area contributed by atoms with Gasteiger partial charge in [-0.15, -0.1) is 0 Å². The fourth-order valence-corrected chi connectivity index (χ4v) is 9.99. The van der Waals surface area contributed by atoms with Gasteiger partial charge in [0, 0.05) is 67.1 Å². The molecule has 0 amide bonds. The molecule has 12 rings (SSSR count). The van der Waals surface area contributed by atoms with Gasteiger partial charge in [0.2, 0.25) is 0 Å². The van der Waals surface area contributed by atoms with E-state index in [2.05, 4.69) is 263 Å². The van der Waals surface area contributed by atoms with Crippen LogP contribution in [0.4, 0.5) is 34.1 Å². The summed E-state index contributed by atoms with van der Waals surface area (Å²) in [7, 11) is 0. The molecule has 0 radical (unpaired) electrons. The van der Waals surface area contributed by atoms with E-state index in [0.717, 1.165) is 58.2 Å². The first-order valence-corrected chi connectivity index (χ1v) is 23.0. The zero-order chi connectivity index (χ0) is 44.1. The number of rotatable bonds is 9.